The summed E-state index contributed by atoms with van der Waals surface area (Å²) in [5.74, 6) is -0.341. The van der Waals surface area contributed by atoms with Crippen molar-refractivity contribution in [1.82, 2.24) is 25.2 Å². The van der Waals surface area contributed by atoms with Gasteiger partial charge in [0.2, 0.25) is 5.91 Å². The first-order valence-corrected chi connectivity index (χ1v) is 11.2. The van der Waals surface area contributed by atoms with Crippen molar-refractivity contribution in [1.29, 1.82) is 10.7 Å². The molecule has 0 radical (unpaired) electrons. The predicted molar refractivity (Wildman–Crippen MR) is 129 cm³/mol. The molecule has 2 unspecified atom stereocenters. The van der Waals surface area contributed by atoms with E-state index in [2.05, 4.69) is 31.7 Å². The van der Waals surface area contributed by atoms with Crippen LogP contribution in [0, 0.1) is 22.7 Å². The summed E-state index contributed by atoms with van der Waals surface area (Å²) in [6.45, 7) is 2.43. The number of hydrogen-bond donors (Lipinski definition) is 5. The third kappa shape index (κ3) is 4.43. The molecule has 1 amide bonds. The number of rotatable bonds is 7. The van der Waals surface area contributed by atoms with Gasteiger partial charge < -0.3 is 20.3 Å². The van der Waals surface area contributed by atoms with E-state index < -0.39 is 12.3 Å². The third-order valence-corrected chi connectivity index (χ3v) is 6.21. The summed E-state index contributed by atoms with van der Waals surface area (Å²) in [4.78, 5) is 25.9. The van der Waals surface area contributed by atoms with Crippen molar-refractivity contribution in [2.45, 2.75) is 19.2 Å². The zero-order chi connectivity index (χ0) is 24.6. The summed E-state index contributed by atoms with van der Waals surface area (Å²) >= 11 is 12.4. The molecule has 3 aromatic rings. The quantitative estimate of drug-likeness (QED) is 0.246. The highest BCUT2D eigenvalue weighted by Gasteiger charge is 2.33. The van der Waals surface area contributed by atoms with Gasteiger partial charge >= 0.3 is 0 Å². The van der Waals surface area contributed by atoms with Crippen LogP contribution in [-0.4, -0.2) is 62.8 Å². The van der Waals surface area contributed by atoms with Crippen LogP contribution in [0.2, 0.25) is 10.0 Å². The molecule has 34 heavy (non-hydrogen) atoms. The summed E-state index contributed by atoms with van der Waals surface area (Å²) in [7, 11) is 1.70. The van der Waals surface area contributed by atoms with Gasteiger partial charge in [0, 0.05) is 48.2 Å². The Morgan fingerprint density at radius 3 is 2.82 bits per heavy atom. The number of hydrogen-bond acceptors (Lipinski definition) is 8. The Bertz CT molecular complexity index is 1310. The fraction of sp³-hybridized carbons (Fsp3) is 0.318. The standard InChI is InChI=1S/C22H22Cl2N8O2/c1-10(22(34)32-8-11(5-25)9-32)30-21(33)13-6-28-20-19(13)31-16(7-29-20)18(26)17-14(24)3-12(23)4-15(17)27-2/h3-4,6-7,10-11,21,26-27,30,33H,8-9H2,1-2H3,(H,28,29). The molecule has 1 aliphatic rings. The van der Waals surface area contributed by atoms with Crippen LogP contribution >= 0.6 is 23.2 Å². The van der Waals surface area contributed by atoms with E-state index >= 15 is 0 Å². The maximum absolute atomic E-state index is 12.5. The second-order valence-corrected chi connectivity index (χ2v) is 8.84. The molecule has 176 valence electrons. The third-order valence-electron chi connectivity index (χ3n) is 5.69. The second-order valence-electron chi connectivity index (χ2n) is 7.99. The van der Waals surface area contributed by atoms with Crippen LogP contribution in [0.15, 0.2) is 24.5 Å². The predicted octanol–water partition coefficient (Wildman–Crippen LogP) is 2.67. The van der Waals surface area contributed by atoms with Crippen LogP contribution in [-0.2, 0) is 4.79 Å². The number of nitrogens with one attached hydrogen (secondary N) is 4. The number of aromatic amines is 1. The number of carbonyl (C=O) groups is 1. The summed E-state index contributed by atoms with van der Waals surface area (Å²) < 4.78 is 0. The topological polar surface area (TPSA) is 154 Å². The summed E-state index contributed by atoms with van der Waals surface area (Å²) in [5, 5.41) is 34.9. The van der Waals surface area contributed by atoms with Crippen molar-refractivity contribution >= 4 is 51.7 Å². The zero-order valence-electron chi connectivity index (χ0n) is 18.4. The fourth-order valence-corrected chi connectivity index (χ4v) is 4.39. The first-order valence-electron chi connectivity index (χ1n) is 10.5. The minimum Gasteiger partial charge on any atom is -0.387 e. The van der Waals surface area contributed by atoms with Crippen LogP contribution in [0.1, 0.15) is 30.0 Å². The summed E-state index contributed by atoms with van der Waals surface area (Å²) in [5.41, 5.74) is 2.41. The van der Waals surface area contributed by atoms with E-state index in [4.69, 9.17) is 33.9 Å². The molecule has 4 rings (SSSR count). The summed E-state index contributed by atoms with van der Waals surface area (Å²) in [6, 6.07) is 4.66. The molecule has 2 atom stereocenters. The number of aromatic nitrogens is 3. The maximum atomic E-state index is 12.5. The number of aliphatic hydroxyl groups is 1. The van der Waals surface area contributed by atoms with Crippen LogP contribution in [0.5, 0.6) is 0 Å². The largest absolute Gasteiger partial charge is 0.387 e. The highest BCUT2D eigenvalue weighted by atomic mass is 35.5. The van der Waals surface area contributed by atoms with Gasteiger partial charge in [-0.2, -0.15) is 5.26 Å². The number of nitriles is 1. The lowest BCUT2D eigenvalue weighted by Gasteiger charge is -2.37. The van der Waals surface area contributed by atoms with Gasteiger partial charge in [-0.05, 0) is 19.1 Å². The van der Waals surface area contributed by atoms with Crippen molar-refractivity contribution < 1.29 is 9.90 Å². The minimum atomic E-state index is -1.22. The van der Waals surface area contributed by atoms with Crippen molar-refractivity contribution in [3.8, 4) is 6.07 Å². The summed E-state index contributed by atoms with van der Waals surface area (Å²) in [6.07, 6.45) is 1.78. The van der Waals surface area contributed by atoms with Crippen LogP contribution in [0.4, 0.5) is 5.69 Å². The van der Waals surface area contributed by atoms with Gasteiger partial charge in [0.1, 0.15) is 17.4 Å². The first kappa shape index (κ1) is 23.9. The molecular formula is C22H22Cl2N8O2. The molecule has 0 aliphatic carbocycles. The Morgan fingerprint density at radius 2 is 2.15 bits per heavy atom. The lowest BCUT2D eigenvalue weighted by molar-refractivity contribution is -0.139. The number of fused-ring (bicyclic) bond motifs is 1. The van der Waals surface area contributed by atoms with E-state index in [1.54, 1.807) is 37.2 Å². The molecule has 10 nitrogen and oxygen atoms in total. The molecule has 1 aromatic carbocycles. The van der Waals surface area contributed by atoms with Crippen LogP contribution in [0.25, 0.3) is 11.2 Å². The van der Waals surface area contributed by atoms with Gasteiger partial charge in [0.25, 0.3) is 0 Å². The Kier molecular flexibility index (Phi) is 6.72. The van der Waals surface area contributed by atoms with Gasteiger partial charge in [0.15, 0.2) is 5.65 Å². The van der Waals surface area contributed by atoms with Crippen molar-refractivity contribution in [3.05, 3.63) is 51.4 Å². The number of halogens is 2. The number of anilines is 1. The minimum absolute atomic E-state index is 0.0309. The highest BCUT2D eigenvalue weighted by molar-refractivity contribution is 6.38. The van der Waals surface area contributed by atoms with E-state index in [0.717, 1.165) is 0 Å². The molecule has 0 bridgehead atoms. The normalized spacial score (nSPS) is 15.5. The molecule has 1 fully saturated rings. The number of aliphatic hydroxyl groups excluding tert-OH is 1. The van der Waals surface area contributed by atoms with E-state index in [1.165, 1.54) is 6.20 Å². The van der Waals surface area contributed by atoms with E-state index in [1.807, 2.05) is 0 Å². The van der Waals surface area contributed by atoms with Crippen molar-refractivity contribution in [3.63, 3.8) is 0 Å². The molecule has 1 saturated heterocycles. The van der Waals surface area contributed by atoms with E-state index in [0.29, 0.717) is 46.1 Å². The van der Waals surface area contributed by atoms with Gasteiger partial charge in [-0.25, -0.2) is 9.97 Å². The fourth-order valence-electron chi connectivity index (χ4n) is 3.80. The Balaban J connectivity index is 1.58. The number of H-pyrrole nitrogens is 1. The second kappa shape index (κ2) is 9.56. The molecule has 0 saturated carbocycles. The number of nitrogens with zero attached hydrogens (tertiary/aromatic N) is 4. The van der Waals surface area contributed by atoms with Gasteiger partial charge in [0.05, 0.1) is 35.0 Å². The van der Waals surface area contributed by atoms with E-state index in [9.17, 15) is 9.90 Å². The number of amides is 1. The molecule has 5 N–H and O–H groups in total. The van der Waals surface area contributed by atoms with Crippen molar-refractivity contribution in [2.75, 3.05) is 25.5 Å². The monoisotopic (exact) mass is 500 g/mol. The lowest BCUT2D eigenvalue weighted by Crippen LogP contribution is -2.55. The van der Waals surface area contributed by atoms with Gasteiger partial charge in [-0.15, -0.1) is 0 Å². The first-order chi connectivity index (χ1) is 16.2. The SMILES string of the molecule is CNc1cc(Cl)cc(Cl)c1C(=N)c1cnc2[nH]cc(C(O)NC(C)C(=O)N3CC(C#N)C3)c2n1. The average molecular weight is 501 g/mol. The van der Waals surface area contributed by atoms with Crippen LogP contribution in [0.3, 0.4) is 0 Å². The maximum Gasteiger partial charge on any atom is 0.239 e. The van der Waals surface area contributed by atoms with Gasteiger partial charge in [-0.1, -0.05) is 23.2 Å². The number of benzene rings is 1. The lowest BCUT2D eigenvalue weighted by atomic mass is 10.0. The zero-order valence-corrected chi connectivity index (χ0v) is 19.9. The molecule has 0 spiro atoms. The van der Waals surface area contributed by atoms with Crippen LogP contribution < -0.4 is 10.6 Å². The molecule has 3 heterocycles. The molecule has 1 aliphatic heterocycles. The van der Waals surface area contributed by atoms with E-state index in [-0.39, 0.29) is 28.3 Å². The average Bonchev–Trinajstić information content (AvgIpc) is 3.20. The Morgan fingerprint density at radius 1 is 1.41 bits per heavy atom. The highest BCUT2D eigenvalue weighted by Crippen LogP contribution is 2.31. The molecular weight excluding hydrogens is 479 g/mol. The molecule has 12 heteroatoms. The van der Waals surface area contributed by atoms with Gasteiger partial charge in [-0.3, -0.25) is 15.5 Å². The smallest absolute Gasteiger partial charge is 0.239 e. The Hall–Kier alpha value is -3.23. The number of likely N-dealkylation sites (tertiary alicyclic amines) is 1. The molecule has 2 aromatic heterocycles. The van der Waals surface area contributed by atoms with Crippen molar-refractivity contribution in [2.24, 2.45) is 5.92 Å². The number of carbonyl (C=O) groups excluding carboxylic acids is 1. The Labute approximate surface area is 205 Å².